The molecule has 2 rings (SSSR count). The lowest BCUT2D eigenvalue weighted by Crippen LogP contribution is -2.48. The van der Waals surface area contributed by atoms with Gasteiger partial charge >= 0.3 is 5.97 Å². The first-order chi connectivity index (χ1) is 11.2. The van der Waals surface area contributed by atoms with Crippen molar-refractivity contribution in [3.05, 3.63) is 29.3 Å². The summed E-state index contributed by atoms with van der Waals surface area (Å²) in [5.74, 6) is -2.24. The zero-order valence-electron chi connectivity index (χ0n) is 14.1. The Morgan fingerprint density at radius 1 is 1.21 bits per heavy atom. The Morgan fingerprint density at radius 2 is 1.83 bits per heavy atom. The highest BCUT2D eigenvalue weighted by atomic mass is 19.2. The van der Waals surface area contributed by atoms with Gasteiger partial charge in [0.25, 0.3) is 0 Å². The van der Waals surface area contributed by atoms with Crippen molar-refractivity contribution in [2.45, 2.75) is 27.2 Å². The SMILES string of the molecule is CC(C)(C)C(=O)ON1CCN(c2ccc(CC#N)c(F)c2F)CC1. The number of carbonyl (C=O) groups is 1. The van der Waals surface area contributed by atoms with Crippen LogP contribution in [0.15, 0.2) is 12.1 Å². The van der Waals surface area contributed by atoms with Crippen molar-refractivity contribution < 1.29 is 18.4 Å². The summed E-state index contributed by atoms with van der Waals surface area (Å²) >= 11 is 0. The first-order valence-electron chi connectivity index (χ1n) is 7.80. The molecule has 0 saturated carbocycles. The molecule has 1 aliphatic rings. The number of hydrogen-bond acceptors (Lipinski definition) is 5. The maximum atomic E-state index is 14.2. The quantitative estimate of drug-likeness (QED) is 0.849. The van der Waals surface area contributed by atoms with E-state index in [0.717, 1.165) is 0 Å². The van der Waals surface area contributed by atoms with E-state index in [1.807, 2.05) is 6.07 Å². The second-order valence-corrected chi connectivity index (χ2v) is 6.75. The number of hydrogen-bond donors (Lipinski definition) is 0. The van der Waals surface area contributed by atoms with Crippen molar-refractivity contribution in [3.8, 4) is 6.07 Å². The van der Waals surface area contributed by atoms with Crippen LogP contribution in [0.2, 0.25) is 0 Å². The molecule has 1 aliphatic heterocycles. The van der Waals surface area contributed by atoms with Gasteiger partial charge in [0.1, 0.15) is 0 Å². The summed E-state index contributed by atoms with van der Waals surface area (Å²) in [5, 5.41) is 10.2. The van der Waals surface area contributed by atoms with Crippen LogP contribution in [0.1, 0.15) is 26.3 Å². The van der Waals surface area contributed by atoms with Gasteiger partial charge in [-0.25, -0.2) is 13.6 Å². The minimum absolute atomic E-state index is 0.0523. The lowest BCUT2D eigenvalue weighted by molar-refractivity contribution is -0.201. The second-order valence-electron chi connectivity index (χ2n) is 6.75. The highest BCUT2D eigenvalue weighted by Crippen LogP contribution is 2.26. The fourth-order valence-electron chi connectivity index (χ4n) is 2.32. The molecule has 0 atom stereocenters. The van der Waals surface area contributed by atoms with E-state index in [2.05, 4.69) is 0 Å². The summed E-state index contributed by atoms with van der Waals surface area (Å²) in [5.41, 5.74) is -0.379. The van der Waals surface area contributed by atoms with E-state index in [1.165, 1.54) is 12.1 Å². The molecule has 0 unspecified atom stereocenters. The van der Waals surface area contributed by atoms with Crippen LogP contribution >= 0.6 is 0 Å². The van der Waals surface area contributed by atoms with Gasteiger partial charge in [0.2, 0.25) is 0 Å². The molecule has 130 valence electrons. The summed E-state index contributed by atoms with van der Waals surface area (Å²) in [4.78, 5) is 18.9. The predicted octanol–water partition coefficient (Wildman–Crippen LogP) is 2.66. The molecule has 0 spiro atoms. The Hall–Kier alpha value is -2.20. The lowest BCUT2D eigenvalue weighted by atomic mass is 9.98. The molecule has 1 aromatic rings. The first kappa shape index (κ1) is 18.1. The lowest BCUT2D eigenvalue weighted by Gasteiger charge is -2.35. The average Bonchev–Trinajstić information content (AvgIpc) is 2.52. The number of anilines is 1. The third-order valence-electron chi connectivity index (χ3n) is 3.82. The van der Waals surface area contributed by atoms with Crippen molar-refractivity contribution >= 4 is 11.7 Å². The molecule has 24 heavy (non-hydrogen) atoms. The van der Waals surface area contributed by atoms with Gasteiger partial charge in [-0.15, -0.1) is 5.06 Å². The summed E-state index contributed by atoms with van der Waals surface area (Å²) < 4.78 is 28.2. The van der Waals surface area contributed by atoms with Gasteiger partial charge in [0.15, 0.2) is 11.6 Å². The molecule has 1 saturated heterocycles. The van der Waals surface area contributed by atoms with Crippen molar-refractivity contribution in [1.29, 1.82) is 5.26 Å². The highest BCUT2D eigenvalue weighted by Gasteiger charge is 2.28. The van der Waals surface area contributed by atoms with E-state index in [-0.39, 0.29) is 23.6 Å². The molecule has 1 fully saturated rings. The van der Waals surface area contributed by atoms with Gasteiger partial charge in [-0.05, 0) is 26.8 Å². The Bertz CT molecular complexity index is 657. The van der Waals surface area contributed by atoms with Crippen LogP contribution in [0, 0.1) is 28.4 Å². The second kappa shape index (κ2) is 7.14. The number of piperazine rings is 1. The Kier molecular flexibility index (Phi) is 5.40. The van der Waals surface area contributed by atoms with Crippen LogP contribution in [-0.4, -0.2) is 37.2 Å². The molecule has 5 nitrogen and oxygen atoms in total. The molecule has 0 bridgehead atoms. The molecular formula is C17H21F2N3O2. The number of rotatable bonds is 3. The normalized spacial score (nSPS) is 15.9. The molecule has 0 N–H and O–H groups in total. The maximum absolute atomic E-state index is 14.2. The number of carbonyl (C=O) groups excluding carboxylic acids is 1. The highest BCUT2D eigenvalue weighted by molar-refractivity contribution is 5.75. The van der Waals surface area contributed by atoms with Crippen LogP contribution in [0.25, 0.3) is 0 Å². The zero-order valence-corrected chi connectivity index (χ0v) is 14.1. The topological polar surface area (TPSA) is 56.6 Å². The number of hydroxylamine groups is 2. The average molecular weight is 337 g/mol. The minimum Gasteiger partial charge on any atom is -0.367 e. The van der Waals surface area contributed by atoms with Crippen LogP contribution in [0.4, 0.5) is 14.5 Å². The van der Waals surface area contributed by atoms with Gasteiger partial charge in [0.05, 0.1) is 36.7 Å². The van der Waals surface area contributed by atoms with E-state index in [9.17, 15) is 13.6 Å². The smallest absolute Gasteiger partial charge is 0.330 e. The summed E-state index contributed by atoms with van der Waals surface area (Å²) in [6.45, 7) is 6.94. The van der Waals surface area contributed by atoms with Crippen molar-refractivity contribution in [3.63, 3.8) is 0 Å². The third kappa shape index (κ3) is 4.01. The minimum atomic E-state index is -0.976. The van der Waals surface area contributed by atoms with Gasteiger partial charge in [0, 0.05) is 18.7 Å². The van der Waals surface area contributed by atoms with Gasteiger partial charge in [-0.1, -0.05) is 6.07 Å². The fourth-order valence-corrected chi connectivity index (χ4v) is 2.32. The van der Waals surface area contributed by atoms with Crippen molar-refractivity contribution in [2.24, 2.45) is 5.41 Å². The zero-order chi connectivity index (χ0) is 17.9. The van der Waals surface area contributed by atoms with E-state index in [1.54, 1.807) is 30.7 Å². The number of nitriles is 1. The molecule has 7 heteroatoms. The Morgan fingerprint density at radius 3 is 2.38 bits per heavy atom. The third-order valence-corrected chi connectivity index (χ3v) is 3.82. The number of benzene rings is 1. The molecule has 1 heterocycles. The monoisotopic (exact) mass is 337 g/mol. The Balaban J connectivity index is 2.01. The van der Waals surface area contributed by atoms with E-state index in [0.29, 0.717) is 26.2 Å². The van der Waals surface area contributed by atoms with Crippen LogP contribution in [0.3, 0.4) is 0 Å². The van der Waals surface area contributed by atoms with Gasteiger partial charge < -0.3 is 9.74 Å². The van der Waals surface area contributed by atoms with Gasteiger partial charge in [-0.2, -0.15) is 5.26 Å². The van der Waals surface area contributed by atoms with Crippen molar-refractivity contribution in [1.82, 2.24) is 5.06 Å². The van der Waals surface area contributed by atoms with Gasteiger partial charge in [-0.3, -0.25) is 0 Å². The fraction of sp³-hybridized carbons (Fsp3) is 0.529. The molecular weight excluding hydrogens is 316 g/mol. The summed E-state index contributed by atoms with van der Waals surface area (Å²) in [6.07, 6.45) is -0.167. The summed E-state index contributed by atoms with van der Waals surface area (Å²) in [6, 6.07) is 4.73. The van der Waals surface area contributed by atoms with Crippen molar-refractivity contribution in [2.75, 3.05) is 31.1 Å². The number of halogens is 2. The van der Waals surface area contributed by atoms with Crippen LogP contribution in [0.5, 0.6) is 0 Å². The summed E-state index contributed by atoms with van der Waals surface area (Å²) in [7, 11) is 0. The molecule has 0 amide bonds. The van der Waals surface area contributed by atoms with Crippen LogP contribution < -0.4 is 4.90 Å². The molecule has 0 aromatic heterocycles. The number of nitrogens with zero attached hydrogens (tertiary/aromatic N) is 3. The van der Waals surface area contributed by atoms with Crippen LogP contribution in [-0.2, 0) is 16.1 Å². The standard InChI is InChI=1S/C17H21F2N3O2/c1-17(2,3)16(23)24-22-10-8-21(9-11-22)13-5-4-12(6-7-20)14(18)15(13)19/h4-5H,6,8-11H2,1-3H3. The molecule has 1 aromatic carbocycles. The van der Waals surface area contributed by atoms with E-state index in [4.69, 9.17) is 10.1 Å². The predicted molar refractivity (Wildman–Crippen MR) is 85.0 cm³/mol. The first-order valence-corrected chi connectivity index (χ1v) is 7.80. The van der Waals surface area contributed by atoms with E-state index < -0.39 is 17.0 Å². The largest absolute Gasteiger partial charge is 0.367 e. The molecule has 0 aliphatic carbocycles. The van der Waals surface area contributed by atoms with E-state index >= 15 is 0 Å². The Labute approximate surface area is 140 Å². The molecule has 0 radical (unpaired) electrons. The maximum Gasteiger partial charge on any atom is 0.330 e.